The first-order valence-corrected chi connectivity index (χ1v) is 8.32. The molecule has 0 saturated carbocycles. The van der Waals surface area contributed by atoms with Crippen LogP contribution in [0.15, 0.2) is 28.7 Å². The molecule has 0 radical (unpaired) electrons. The molecule has 1 amide bonds. The lowest BCUT2D eigenvalue weighted by Gasteiger charge is -2.23. The van der Waals surface area contributed by atoms with E-state index < -0.39 is 0 Å². The number of ether oxygens (including phenoxy) is 1. The highest BCUT2D eigenvalue weighted by atomic mass is 79.9. The van der Waals surface area contributed by atoms with E-state index >= 15 is 0 Å². The first-order chi connectivity index (χ1) is 10.2. The number of carbonyl (C=O) groups is 1. The van der Waals surface area contributed by atoms with Crippen molar-refractivity contribution in [3.63, 3.8) is 0 Å². The second-order valence-corrected chi connectivity index (χ2v) is 5.80. The maximum atomic E-state index is 12.3. The topological polar surface area (TPSA) is 55.6 Å². The summed E-state index contributed by atoms with van der Waals surface area (Å²) in [5.41, 5.74) is 6.39. The number of rotatable bonds is 10. The Morgan fingerprint density at radius 1 is 1.32 bits per heavy atom. The number of nitrogens with two attached hydrogens (primary N) is 1. The molecule has 0 aromatic heterocycles. The standard InChI is InChI=1S/C16H25BrN2O2.ClH/c1-2-3-11-21-12-10-19(16(20)8-5-9-18)15-7-4-6-14(17)13-15;/h4,6-7,13H,2-3,5,8-12,18H2,1H3;1H. The van der Waals surface area contributed by atoms with Crippen LogP contribution < -0.4 is 10.6 Å². The quantitative estimate of drug-likeness (QED) is 0.616. The second kappa shape index (κ2) is 12.9. The van der Waals surface area contributed by atoms with E-state index in [1.165, 1.54) is 0 Å². The van der Waals surface area contributed by atoms with Gasteiger partial charge in [0, 0.05) is 29.7 Å². The average Bonchev–Trinajstić information content (AvgIpc) is 2.48. The van der Waals surface area contributed by atoms with Gasteiger partial charge in [-0.15, -0.1) is 12.4 Å². The van der Waals surface area contributed by atoms with Crippen molar-refractivity contribution in [2.24, 2.45) is 5.73 Å². The Morgan fingerprint density at radius 3 is 2.73 bits per heavy atom. The van der Waals surface area contributed by atoms with Crippen molar-refractivity contribution in [3.05, 3.63) is 28.7 Å². The van der Waals surface area contributed by atoms with Crippen LogP contribution in [0.4, 0.5) is 5.69 Å². The van der Waals surface area contributed by atoms with E-state index in [2.05, 4.69) is 22.9 Å². The fraction of sp³-hybridized carbons (Fsp3) is 0.562. The smallest absolute Gasteiger partial charge is 0.227 e. The number of unbranched alkanes of at least 4 members (excludes halogenated alkanes) is 1. The van der Waals surface area contributed by atoms with Crippen molar-refractivity contribution in [3.8, 4) is 0 Å². The third-order valence-electron chi connectivity index (χ3n) is 3.12. The van der Waals surface area contributed by atoms with E-state index in [4.69, 9.17) is 10.5 Å². The van der Waals surface area contributed by atoms with E-state index in [1.807, 2.05) is 24.3 Å². The van der Waals surface area contributed by atoms with E-state index in [-0.39, 0.29) is 18.3 Å². The van der Waals surface area contributed by atoms with Crippen molar-refractivity contribution in [2.45, 2.75) is 32.6 Å². The van der Waals surface area contributed by atoms with Crippen molar-refractivity contribution in [1.82, 2.24) is 0 Å². The predicted molar refractivity (Wildman–Crippen MR) is 97.8 cm³/mol. The van der Waals surface area contributed by atoms with Crippen LogP contribution in [0.3, 0.4) is 0 Å². The van der Waals surface area contributed by atoms with Crippen molar-refractivity contribution >= 4 is 39.9 Å². The van der Waals surface area contributed by atoms with Gasteiger partial charge in [-0.25, -0.2) is 0 Å². The highest BCUT2D eigenvalue weighted by Gasteiger charge is 2.15. The minimum atomic E-state index is 0. The molecule has 0 bridgehead atoms. The summed E-state index contributed by atoms with van der Waals surface area (Å²) >= 11 is 3.45. The van der Waals surface area contributed by atoms with Crippen LogP contribution in [0.25, 0.3) is 0 Å². The number of hydrogen-bond donors (Lipinski definition) is 1. The third kappa shape index (κ3) is 8.13. The Balaban J connectivity index is 0.00000441. The number of benzene rings is 1. The number of amides is 1. The lowest BCUT2D eigenvalue weighted by molar-refractivity contribution is -0.118. The molecule has 2 N–H and O–H groups in total. The normalized spacial score (nSPS) is 10.1. The largest absolute Gasteiger partial charge is 0.380 e. The molecule has 0 aliphatic rings. The Bertz CT molecular complexity index is 432. The molecular weight excluding hydrogens is 368 g/mol. The SMILES string of the molecule is CCCCOCCN(C(=O)CCCN)c1cccc(Br)c1.Cl. The zero-order valence-corrected chi connectivity index (χ0v) is 15.5. The van der Waals surface area contributed by atoms with Gasteiger partial charge in [0.05, 0.1) is 6.61 Å². The maximum Gasteiger partial charge on any atom is 0.227 e. The number of anilines is 1. The summed E-state index contributed by atoms with van der Waals surface area (Å²) in [5.74, 6) is 0.0950. The maximum absolute atomic E-state index is 12.3. The number of carbonyl (C=O) groups excluding carboxylic acids is 1. The van der Waals surface area contributed by atoms with Crippen LogP contribution in [0, 0.1) is 0 Å². The molecule has 0 heterocycles. The second-order valence-electron chi connectivity index (χ2n) is 4.88. The summed E-state index contributed by atoms with van der Waals surface area (Å²) in [6.07, 6.45) is 3.35. The molecule has 0 atom stereocenters. The first-order valence-electron chi connectivity index (χ1n) is 7.52. The van der Waals surface area contributed by atoms with Crippen LogP contribution in [-0.2, 0) is 9.53 Å². The molecule has 0 fully saturated rings. The van der Waals surface area contributed by atoms with Crippen LogP contribution >= 0.6 is 28.3 Å². The Kier molecular flexibility index (Phi) is 12.5. The highest BCUT2D eigenvalue weighted by molar-refractivity contribution is 9.10. The summed E-state index contributed by atoms with van der Waals surface area (Å²) in [4.78, 5) is 14.1. The van der Waals surface area contributed by atoms with Gasteiger partial charge < -0.3 is 15.4 Å². The van der Waals surface area contributed by atoms with Gasteiger partial charge in [0.1, 0.15) is 0 Å². The van der Waals surface area contributed by atoms with Gasteiger partial charge in [-0.3, -0.25) is 4.79 Å². The van der Waals surface area contributed by atoms with Gasteiger partial charge in [0.2, 0.25) is 5.91 Å². The van der Waals surface area contributed by atoms with Gasteiger partial charge in [0.15, 0.2) is 0 Å². The van der Waals surface area contributed by atoms with Crippen LogP contribution in [0.5, 0.6) is 0 Å². The minimum Gasteiger partial charge on any atom is -0.380 e. The predicted octanol–water partition coefficient (Wildman–Crippen LogP) is 3.76. The Morgan fingerprint density at radius 2 is 2.09 bits per heavy atom. The van der Waals surface area contributed by atoms with E-state index in [0.29, 0.717) is 32.5 Å². The van der Waals surface area contributed by atoms with E-state index in [9.17, 15) is 4.79 Å². The molecule has 0 unspecified atom stereocenters. The Hall–Kier alpha value is -0.620. The van der Waals surface area contributed by atoms with Gasteiger partial charge in [0.25, 0.3) is 0 Å². The number of halogens is 2. The summed E-state index contributed by atoms with van der Waals surface area (Å²) < 4.78 is 6.54. The minimum absolute atomic E-state index is 0. The summed E-state index contributed by atoms with van der Waals surface area (Å²) in [6, 6.07) is 7.77. The molecule has 1 aromatic carbocycles. The summed E-state index contributed by atoms with van der Waals surface area (Å²) in [5, 5.41) is 0. The summed E-state index contributed by atoms with van der Waals surface area (Å²) in [6.45, 7) is 4.54. The van der Waals surface area contributed by atoms with E-state index in [0.717, 1.165) is 29.6 Å². The molecule has 0 saturated heterocycles. The van der Waals surface area contributed by atoms with Crippen LogP contribution in [0.1, 0.15) is 32.6 Å². The molecule has 0 spiro atoms. The Labute approximate surface area is 147 Å². The lowest BCUT2D eigenvalue weighted by Crippen LogP contribution is -2.34. The molecule has 1 aromatic rings. The molecule has 126 valence electrons. The first kappa shape index (κ1) is 21.4. The third-order valence-corrected chi connectivity index (χ3v) is 3.61. The molecule has 0 aliphatic heterocycles. The number of nitrogens with zero attached hydrogens (tertiary/aromatic N) is 1. The average molecular weight is 394 g/mol. The van der Waals surface area contributed by atoms with Crippen molar-refractivity contribution < 1.29 is 9.53 Å². The highest BCUT2D eigenvalue weighted by Crippen LogP contribution is 2.20. The van der Waals surface area contributed by atoms with Crippen molar-refractivity contribution in [2.75, 3.05) is 31.2 Å². The summed E-state index contributed by atoms with van der Waals surface area (Å²) in [7, 11) is 0. The molecule has 6 heteroatoms. The fourth-order valence-corrected chi connectivity index (χ4v) is 2.32. The van der Waals surface area contributed by atoms with Crippen LogP contribution in [-0.4, -0.2) is 32.2 Å². The van der Waals surface area contributed by atoms with Gasteiger partial charge in [-0.2, -0.15) is 0 Å². The molecular formula is C16H26BrClN2O2. The molecule has 4 nitrogen and oxygen atoms in total. The molecule has 0 aliphatic carbocycles. The molecule has 1 rings (SSSR count). The van der Waals surface area contributed by atoms with Gasteiger partial charge in [-0.1, -0.05) is 35.3 Å². The lowest BCUT2D eigenvalue weighted by atomic mass is 10.2. The van der Waals surface area contributed by atoms with Gasteiger partial charge in [-0.05, 0) is 37.6 Å². The zero-order valence-electron chi connectivity index (χ0n) is 13.1. The molecule has 22 heavy (non-hydrogen) atoms. The monoisotopic (exact) mass is 392 g/mol. The fourth-order valence-electron chi connectivity index (χ4n) is 1.93. The van der Waals surface area contributed by atoms with E-state index in [1.54, 1.807) is 4.90 Å². The number of hydrogen-bond acceptors (Lipinski definition) is 3. The van der Waals surface area contributed by atoms with Gasteiger partial charge >= 0.3 is 0 Å². The van der Waals surface area contributed by atoms with Crippen molar-refractivity contribution in [1.29, 1.82) is 0 Å². The van der Waals surface area contributed by atoms with Crippen LogP contribution in [0.2, 0.25) is 0 Å². The zero-order chi connectivity index (χ0) is 15.5.